The van der Waals surface area contributed by atoms with E-state index in [2.05, 4.69) is 0 Å². The number of fused-ring (bicyclic) bond motifs is 4. The molecule has 6 heteroatoms. The summed E-state index contributed by atoms with van der Waals surface area (Å²) in [5.41, 5.74) is 3.68. The second kappa shape index (κ2) is 5.61. The van der Waals surface area contributed by atoms with Gasteiger partial charge in [0.1, 0.15) is 0 Å². The topological polar surface area (TPSA) is 74.8 Å². The van der Waals surface area contributed by atoms with Crippen LogP contribution in [0.2, 0.25) is 0 Å². The minimum absolute atomic E-state index is 0.353. The van der Waals surface area contributed by atoms with Gasteiger partial charge in [-0.15, -0.1) is 0 Å². The molecule has 0 spiro atoms. The number of carbonyl (C=O) groups is 4. The molecule has 4 amide bonds. The monoisotopic (exact) mass is 374 g/mol. The van der Waals surface area contributed by atoms with Gasteiger partial charge in [-0.3, -0.25) is 29.0 Å². The summed E-state index contributed by atoms with van der Waals surface area (Å²) in [6.45, 7) is 2.02. The summed E-state index contributed by atoms with van der Waals surface area (Å²) < 4.78 is 0. The van der Waals surface area contributed by atoms with Gasteiger partial charge in [-0.25, -0.2) is 0 Å². The second-order valence-electron chi connectivity index (χ2n) is 7.76. The van der Waals surface area contributed by atoms with Crippen molar-refractivity contribution in [2.45, 2.75) is 6.92 Å². The van der Waals surface area contributed by atoms with Crippen molar-refractivity contribution in [3.05, 3.63) is 54.1 Å². The molecule has 3 fully saturated rings. The van der Waals surface area contributed by atoms with Crippen molar-refractivity contribution in [3.8, 4) is 11.1 Å². The van der Waals surface area contributed by atoms with Crippen LogP contribution in [0, 0.1) is 30.6 Å². The predicted octanol–water partition coefficient (Wildman–Crippen LogP) is 2.01. The summed E-state index contributed by atoms with van der Waals surface area (Å²) in [5, 5.41) is 0. The Balaban J connectivity index is 1.44. The third kappa shape index (κ3) is 2.03. The smallest absolute Gasteiger partial charge is 0.238 e. The SMILES string of the molecule is Cc1ccc(-c2ccc(N3C(=O)C4C5C(=O)N(C)C(=O)C5C4C3=O)cc2)cc1. The van der Waals surface area contributed by atoms with E-state index in [1.165, 1.54) is 12.6 Å². The molecule has 2 saturated heterocycles. The van der Waals surface area contributed by atoms with E-state index in [0.29, 0.717) is 5.69 Å². The third-order valence-electron chi connectivity index (χ3n) is 6.30. The van der Waals surface area contributed by atoms with Crippen molar-refractivity contribution in [3.63, 3.8) is 0 Å². The molecule has 6 nitrogen and oxygen atoms in total. The summed E-state index contributed by atoms with van der Waals surface area (Å²) in [5.74, 6) is -4.26. The molecule has 2 aromatic carbocycles. The first-order valence-corrected chi connectivity index (χ1v) is 9.26. The number of hydrogen-bond acceptors (Lipinski definition) is 4. The van der Waals surface area contributed by atoms with Crippen LogP contribution in [-0.4, -0.2) is 35.6 Å². The average Bonchev–Trinajstić information content (AvgIpc) is 2.97. The molecule has 28 heavy (non-hydrogen) atoms. The maximum Gasteiger partial charge on any atom is 0.238 e. The fraction of sp³-hybridized carbons (Fsp3) is 0.273. The van der Waals surface area contributed by atoms with Crippen LogP contribution >= 0.6 is 0 Å². The Morgan fingerprint density at radius 2 is 1.00 bits per heavy atom. The molecule has 4 atom stereocenters. The highest BCUT2D eigenvalue weighted by molar-refractivity contribution is 6.27. The molecule has 3 aliphatic rings. The minimum atomic E-state index is -0.712. The molecule has 2 heterocycles. The van der Waals surface area contributed by atoms with Crippen molar-refractivity contribution >= 4 is 29.3 Å². The van der Waals surface area contributed by atoms with Gasteiger partial charge in [0.2, 0.25) is 23.6 Å². The average molecular weight is 374 g/mol. The summed E-state index contributed by atoms with van der Waals surface area (Å²) in [6, 6.07) is 15.3. The maximum atomic E-state index is 12.9. The van der Waals surface area contributed by atoms with E-state index >= 15 is 0 Å². The first kappa shape index (κ1) is 16.9. The van der Waals surface area contributed by atoms with Gasteiger partial charge >= 0.3 is 0 Å². The first-order chi connectivity index (χ1) is 13.4. The Morgan fingerprint density at radius 1 is 0.607 bits per heavy atom. The number of hydrogen-bond donors (Lipinski definition) is 0. The zero-order valence-corrected chi connectivity index (χ0v) is 15.5. The number of benzene rings is 2. The summed E-state index contributed by atoms with van der Waals surface area (Å²) in [4.78, 5) is 52.5. The Morgan fingerprint density at radius 3 is 1.46 bits per heavy atom. The summed E-state index contributed by atoms with van der Waals surface area (Å²) >= 11 is 0. The number of aryl methyl sites for hydroxylation is 1. The van der Waals surface area contributed by atoms with Crippen LogP contribution in [0.25, 0.3) is 11.1 Å². The Bertz CT molecular complexity index is 1000. The Labute approximate surface area is 161 Å². The molecule has 0 aromatic heterocycles. The molecule has 0 radical (unpaired) electrons. The van der Waals surface area contributed by atoms with E-state index in [1.807, 2.05) is 43.3 Å². The lowest BCUT2D eigenvalue weighted by atomic mass is 9.59. The minimum Gasteiger partial charge on any atom is -0.285 e. The number of carbonyl (C=O) groups excluding carboxylic acids is 4. The van der Waals surface area contributed by atoms with Gasteiger partial charge in [0.25, 0.3) is 0 Å². The van der Waals surface area contributed by atoms with Gasteiger partial charge in [-0.2, -0.15) is 0 Å². The maximum absolute atomic E-state index is 12.9. The fourth-order valence-corrected chi connectivity index (χ4v) is 4.74. The van der Waals surface area contributed by atoms with Crippen molar-refractivity contribution in [1.29, 1.82) is 0 Å². The number of rotatable bonds is 2. The van der Waals surface area contributed by atoms with Crippen molar-refractivity contribution in [1.82, 2.24) is 4.90 Å². The highest BCUT2D eigenvalue weighted by Gasteiger charge is 2.73. The highest BCUT2D eigenvalue weighted by atomic mass is 16.2. The van der Waals surface area contributed by atoms with Gasteiger partial charge in [-0.05, 0) is 30.2 Å². The van der Waals surface area contributed by atoms with E-state index in [4.69, 9.17) is 0 Å². The van der Waals surface area contributed by atoms with Crippen LogP contribution < -0.4 is 4.90 Å². The Kier molecular flexibility index (Phi) is 3.38. The van der Waals surface area contributed by atoms with Gasteiger partial charge < -0.3 is 0 Å². The van der Waals surface area contributed by atoms with Crippen LogP contribution in [-0.2, 0) is 19.2 Å². The second-order valence-corrected chi connectivity index (χ2v) is 7.76. The van der Waals surface area contributed by atoms with Gasteiger partial charge in [0.05, 0.1) is 29.4 Å². The van der Waals surface area contributed by atoms with E-state index in [9.17, 15) is 19.2 Å². The molecular formula is C22H18N2O4. The van der Waals surface area contributed by atoms with E-state index in [1.54, 1.807) is 12.1 Å². The molecule has 2 aliphatic heterocycles. The lowest BCUT2D eigenvalue weighted by molar-refractivity contribution is -0.146. The lowest BCUT2D eigenvalue weighted by Gasteiger charge is -2.36. The van der Waals surface area contributed by atoms with Crippen LogP contribution in [0.1, 0.15) is 5.56 Å². The molecule has 1 aliphatic carbocycles. The fourth-order valence-electron chi connectivity index (χ4n) is 4.74. The molecule has 2 aromatic rings. The molecule has 4 unspecified atom stereocenters. The molecule has 5 rings (SSSR count). The van der Waals surface area contributed by atoms with E-state index < -0.39 is 23.7 Å². The van der Waals surface area contributed by atoms with Crippen molar-refractivity contribution in [2.24, 2.45) is 23.7 Å². The van der Waals surface area contributed by atoms with Crippen molar-refractivity contribution in [2.75, 3.05) is 11.9 Å². The lowest BCUT2D eigenvalue weighted by Crippen LogP contribution is -2.50. The Hall–Kier alpha value is -3.28. The number of anilines is 1. The number of nitrogens with zero attached hydrogens (tertiary/aromatic N) is 2. The van der Waals surface area contributed by atoms with E-state index in [-0.39, 0.29) is 23.6 Å². The van der Waals surface area contributed by atoms with Crippen LogP contribution in [0.5, 0.6) is 0 Å². The first-order valence-electron chi connectivity index (χ1n) is 9.26. The summed E-state index contributed by atoms with van der Waals surface area (Å²) in [7, 11) is 1.41. The standard InChI is InChI=1S/C22H18N2O4/c1-11-3-5-12(6-4-11)13-7-9-14(10-8-13)24-21(27)17-15-16(18(17)22(24)28)20(26)23(2)19(15)25/h3-10,15-18H,1-2H3. The quantitative estimate of drug-likeness (QED) is 0.754. The molecule has 0 N–H and O–H groups in total. The number of amides is 4. The van der Waals surface area contributed by atoms with Crippen molar-refractivity contribution < 1.29 is 19.2 Å². The zero-order chi connectivity index (χ0) is 19.7. The third-order valence-corrected chi connectivity index (χ3v) is 6.30. The molecule has 140 valence electrons. The number of likely N-dealkylation sites (tertiary alicyclic amines) is 1. The van der Waals surface area contributed by atoms with Gasteiger partial charge in [0, 0.05) is 7.05 Å². The van der Waals surface area contributed by atoms with Crippen LogP contribution in [0.15, 0.2) is 48.5 Å². The van der Waals surface area contributed by atoms with E-state index in [0.717, 1.165) is 20.9 Å². The predicted molar refractivity (Wildman–Crippen MR) is 101 cm³/mol. The highest BCUT2D eigenvalue weighted by Crippen LogP contribution is 2.56. The molecule has 1 saturated carbocycles. The summed E-state index contributed by atoms with van der Waals surface area (Å²) in [6.07, 6.45) is 0. The normalized spacial score (nSPS) is 28.5. The van der Waals surface area contributed by atoms with Crippen LogP contribution in [0.3, 0.4) is 0 Å². The molecular weight excluding hydrogens is 356 g/mol. The number of imide groups is 2. The molecule has 0 bridgehead atoms. The van der Waals surface area contributed by atoms with Gasteiger partial charge in [0.15, 0.2) is 0 Å². The van der Waals surface area contributed by atoms with Gasteiger partial charge in [-0.1, -0.05) is 42.0 Å². The van der Waals surface area contributed by atoms with Crippen LogP contribution in [0.4, 0.5) is 5.69 Å². The zero-order valence-electron chi connectivity index (χ0n) is 15.5. The largest absolute Gasteiger partial charge is 0.285 e.